The number of carboxylic acids is 1. The van der Waals surface area contributed by atoms with Crippen molar-refractivity contribution >= 4 is 21.7 Å². The van der Waals surface area contributed by atoms with Crippen molar-refractivity contribution in [2.75, 3.05) is 0 Å². The molecule has 2 rings (SSSR count). The highest BCUT2D eigenvalue weighted by Crippen LogP contribution is 2.13. The van der Waals surface area contributed by atoms with Crippen molar-refractivity contribution in [3.63, 3.8) is 0 Å². The summed E-state index contributed by atoms with van der Waals surface area (Å²) in [5.41, 5.74) is 1.78. The van der Waals surface area contributed by atoms with Crippen LogP contribution in [-0.4, -0.2) is 25.2 Å². The van der Waals surface area contributed by atoms with E-state index in [9.17, 15) is 17.6 Å². The molecular weight excluding hydrogens is 359 g/mol. The van der Waals surface area contributed by atoms with Gasteiger partial charge in [-0.05, 0) is 49.6 Å². The number of nitrogens with zero attached hydrogens (tertiary/aromatic N) is 1. The summed E-state index contributed by atoms with van der Waals surface area (Å²) in [5.74, 6) is -1.39. The van der Waals surface area contributed by atoms with Crippen molar-refractivity contribution in [3.05, 3.63) is 65.5 Å². The molecule has 0 saturated heterocycles. The van der Waals surface area contributed by atoms with Crippen LogP contribution in [0.3, 0.4) is 0 Å². The van der Waals surface area contributed by atoms with E-state index >= 15 is 0 Å². The Morgan fingerprint density at radius 1 is 1.08 bits per heavy atom. The molecule has 138 valence electrons. The van der Waals surface area contributed by atoms with Gasteiger partial charge in [0.1, 0.15) is 5.82 Å². The van der Waals surface area contributed by atoms with E-state index in [2.05, 4.69) is 9.93 Å². The Hall–Kier alpha value is -2.74. The van der Waals surface area contributed by atoms with Gasteiger partial charge in [0, 0.05) is 6.42 Å². The zero-order valence-corrected chi connectivity index (χ0v) is 15.0. The Bertz CT molecular complexity index is 892. The van der Waals surface area contributed by atoms with Gasteiger partial charge in [-0.25, -0.2) is 4.39 Å². The summed E-state index contributed by atoms with van der Waals surface area (Å²) in [6.45, 7) is 1.84. The summed E-state index contributed by atoms with van der Waals surface area (Å²) in [7, 11) is -3.86. The fourth-order valence-electron chi connectivity index (χ4n) is 2.20. The summed E-state index contributed by atoms with van der Waals surface area (Å²) in [5, 5.41) is 12.7. The van der Waals surface area contributed by atoms with E-state index in [1.54, 1.807) is 12.1 Å². The number of hydrogen-bond donors (Lipinski definition) is 2. The standard InChI is InChI=1S/C18H19FN2O4S/c1-13-5-11-16(12-6-13)26(24,25)21-20-17(3-2-4-18(22)23)14-7-9-15(19)10-8-14/h5-12,21H,2-4H2,1H3,(H,22,23). The summed E-state index contributed by atoms with van der Waals surface area (Å²) in [6.07, 6.45) is 0.428. The van der Waals surface area contributed by atoms with Gasteiger partial charge in [-0.1, -0.05) is 29.8 Å². The lowest BCUT2D eigenvalue weighted by Crippen LogP contribution is -2.21. The summed E-state index contributed by atoms with van der Waals surface area (Å²) < 4.78 is 37.8. The number of hydrogen-bond acceptors (Lipinski definition) is 4. The van der Waals surface area contributed by atoms with Gasteiger partial charge in [0.25, 0.3) is 10.0 Å². The van der Waals surface area contributed by atoms with E-state index in [0.717, 1.165) is 5.56 Å². The van der Waals surface area contributed by atoms with E-state index in [0.29, 0.717) is 11.3 Å². The lowest BCUT2D eigenvalue weighted by molar-refractivity contribution is -0.137. The quantitative estimate of drug-likeness (QED) is 0.545. The molecule has 26 heavy (non-hydrogen) atoms. The molecule has 8 heteroatoms. The summed E-state index contributed by atoms with van der Waals surface area (Å²) in [6, 6.07) is 11.7. The molecular formula is C18H19FN2O4S. The first kappa shape index (κ1) is 19.6. The maximum atomic E-state index is 13.1. The minimum atomic E-state index is -3.86. The van der Waals surface area contributed by atoms with E-state index in [4.69, 9.17) is 5.11 Å². The molecule has 0 saturated carbocycles. The third kappa shape index (κ3) is 5.66. The van der Waals surface area contributed by atoms with Crippen LogP contribution in [0.1, 0.15) is 30.4 Å². The van der Waals surface area contributed by atoms with Crippen molar-refractivity contribution in [1.29, 1.82) is 0 Å². The molecule has 0 aliphatic heterocycles. The second-order valence-corrected chi connectivity index (χ2v) is 7.38. The maximum Gasteiger partial charge on any atom is 0.303 e. The zero-order valence-electron chi connectivity index (χ0n) is 14.1. The van der Waals surface area contributed by atoms with Crippen LogP contribution in [0.2, 0.25) is 0 Å². The number of sulfonamides is 1. The first-order chi connectivity index (χ1) is 12.3. The molecule has 0 unspecified atom stereocenters. The minimum Gasteiger partial charge on any atom is -0.481 e. The second kappa shape index (κ2) is 8.57. The van der Waals surface area contributed by atoms with Gasteiger partial charge >= 0.3 is 5.97 Å². The van der Waals surface area contributed by atoms with Gasteiger partial charge < -0.3 is 5.11 Å². The zero-order chi connectivity index (χ0) is 19.2. The molecule has 6 nitrogen and oxygen atoms in total. The molecule has 0 bridgehead atoms. The van der Waals surface area contributed by atoms with Crippen molar-refractivity contribution in [2.24, 2.45) is 5.10 Å². The van der Waals surface area contributed by atoms with E-state index in [1.165, 1.54) is 36.4 Å². The van der Waals surface area contributed by atoms with Crippen molar-refractivity contribution < 1.29 is 22.7 Å². The first-order valence-corrected chi connectivity index (χ1v) is 9.39. The number of nitrogens with one attached hydrogen (secondary N) is 1. The number of carbonyl (C=O) groups is 1. The van der Waals surface area contributed by atoms with Gasteiger partial charge in [-0.2, -0.15) is 18.4 Å². The summed E-state index contributed by atoms with van der Waals surface area (Å²) in [4.78, 5) is 12.9. The van der Waals surface area contributed by atoms with Crippen LogP contribution in [0.4, 0.5) is 4.39 Å². The van der Waals surface area contributed by atoms with Crippen molar-refractivity contribution in [2.45, 2.75) is 31.1 Å². The number of rotatable bonds is 8. The first-order valence-electron chi connectivity index (χ1n) is 7.91. The van der Waals surface area contributed by atoms with Crippen LogP contribution in [0.25, 0.3) is 0 Å². The van der Waals surface area contributed by atoms with Gasteiger partial charge in [0.15, 0.2) is 0 Å². The molecule has 0 fully saturated rings. The maximum absolute atomic E-state index is 13.1. The molecule has 0 aliphatic carbocycles. The molecule has 0 aliphatic rings. The topological polar surface area (TPSA) is 95.8 Å². The lowest BCUT2D eigenvalue weighted by Gasteiger charge is -2.09. The van der Waals surface area contributed by atoms with Crippen molar-refractivity contribution in [1.82, 2.24) is 4.83 Å². The Balaban J connectivity index is 2.24. The van der Waals surface area contributed by atoms with Crippen LogP contribution in [0.5, 0.6) is 0 Å². The highest BCUT2D eigenvalue weighted by molar-refractivity contribution is 7.89. The third-order valence-electron chi connectivity index (χ3n) is 3.61. The molecule has 0 heterocycles. The molecule has 2 aromatic carbocycles. The number of halogens is 1. The average molecular weight is 378 g/mol. The molecule has 0 radical (unpaired) electrons. The normalized spacial score (nSPS) is 12.0. The highest BCUT2D eigenvalue weighted by atomic mass is 32.2. The van der Waals surface area contributed by atoms with Gasteiger partial charge in [-0.3, -0.25) is 4.79 Å². The molecule has 0 amide bonds. The third-order valence-corrected chi connectivity index (χ3v) is 4.84. The number of benzene rings is 2. The van der Waals surface area contributed by atoms with Crippen LogP contribution in [-0.2, 0) is 14.8 Å². The molecule has 0 spiro atoms. The van der Waals surface area contributed by atoms with Crippen molar-refractivity contribution in [3.8, 4) is 0 Å². The van der Waals surface area contributed by atoms with Gasteiger partial charge in [0.05, 0.1) is 10.6 Å². The number of aliphatic carboxylic acids is 1. The SMILES string of the molecule is Cc1ccc(S(=O)(=O)NN=C(CCCC(=O)O)c2ccc(F)cc2)cc1. The Labute approximate surface area is 151 Å². The molecule has 0 atom stereocenters. The fraction of sp³-hybridized carbons (Fsp3) is 0.222. The van der Waals surface area contributed by atoms with E-state index < -0.39 is 21.8 Å². The predicted molar refractivity (Wildman–Crippen MR) is 95.9 cm³/mol. The lowest BCUT2D eigenvalue weighted by atomic mass is 10.0. The number of hydrazone groups is 1. The smallest absolute Gasteiger partial charge is 0.303 e. The van der Waals surface area contributed by atoms with Gasteiger partial charge in [0.2, 0.25) is 0 Å². The van der Waals surface area contributed by atoms with Crippen LogP contribution < -0.4 is 4.83 Å². The molecule has 0 aromatic heterocycles. The Kier molecular flexibility index (Phi) is 6.46. The van der Waals surface area contributed by atoms with E-state index in [1.807, 2.05) is 6.92 Å². The Morgan fingerprint density at radius 3 is 2.27 bits per heavy atom. The average Bonchev–Trinajstić information content (AvgIpc) is 2.59. The van der Waals surface area contributed by atoms with Crippen LogP contribution in [0.15, 0.2) is 58.5 Å². The summed E-state index contributed by atoms with van der Waals surface area (Å²) >= 11 is 0. The fourth-order valence-corrected chi connectivity index (χ4v) is 3.03. The Morgan fingerprint density at radius 2 is 1.69 bits per heavy atom. The predicted octanol–water partition coefficient (Wildman–Crippen LogP) is 3.07. The second-order valence-electron chi connectivity index (χ2n) is 5.72. The van der Waals surface area contributed by atoms with Crippen LogP contribution in [0, 0.1) is 12.7 Å². The van der Waals surface area contributed by atoms with Crippen LogP contribution >= 0.6 is 0 Å². The number of aryl methyl sites for hydroxylation is 1. The van der Waals surface area contributed by atoms with Gasteiger partial charge in [-0.15, -0.1) is 0 Å². The largest absolute Gasteiger partial charge is 0.481 e. The molecule has 2 aromatic rings. The minimum absolute atomic E-state index is 0.0656. The van der Waals surface area contributed by atoms with E-state index in [-0.39, 0.29) is 24.2 Å². The molecule has 2 N–H and O–H groups in total. The monoisotopic (exact) mass is 378 g/mol. The highest BCUT2D eigenvalue weighted by Gasteiger charge is 2.14. The number of carboxylic acid groups (broad SMARTS) is 1.